The third kappa shape index (κ3) is 5.27. The van der Waals surface area contributed by atoms with Crippen LogP contribution in [0.1, 0.15) is 12.6 Å². The summed E-state index contributed by atoms with van der Waals surface area (Å²) in [6.07, 6.45) is -1.37. The molecule has 0 aliphatic carbocycles. The minimum absolute atomic E-state index is 0.0686. The summed E-state index contributed by atoms with van der Waals surface area (Å²) >= 11 is 0. The largest absolute Gasteiger partial charge is 0.708 e. The molecule has 16 nitrogen and oxygen atoms in total. The molecule has 3 heterocycles. The fourth-order valence-corrected chi connectivity index (χ4v) is 4.77. The van der Waals surface area contributed by atoms with E-state index in [1.807, 2.05) is 0 Å². The van der Waals surface area contributed by atoms with Crippen LogP contribution >= 0.6 is 24.3 Å². The minimum atomic E-state index is -5.07. The number of aliphatic hydroxyl groups excluding tert-OH is 1. The van der Waals surface area contributed by atoms with Crippen molar-refractivity contribution in [1.29, 1.82) is 0 Å². The zero-order valence-corrected chi connectivity index (χ0v) is 16.9. The molecule has 7 N–H and O–H groups in total. The van der Waals surface area contributed by atoms with Gasteiger partial charge in [-0.05, 0) is 0 Å². The summed E-state index contributed by atoms with van der Waals surface area (Å²) in [5, 5.41) is 10.1. The summed E-state index contributed by atoms with van der Waals surface area (Å²) in [6.45, 7) is -0.496. The van der Waals surface area contributed by atoms with Gasteiger partial charge in [-0.15, -0.1) is 9.42 Å². The number of imidazole rings is 1. The highest BCUT2D eigenvalue weighted by molar-refractivity contribution is 7.61. The molecule has 1 aliphatic rings. The van der Waals surface area contributed by atoms with E-state index in [1.54, 1.807) is 0 Å². The normalized spacial score (nSPS) is 25.1. The van der Waals surface area contributed by atoms with Gasteiger partial charge in [0.15, 0.2) is 11.5 Å². The summed E-state index contributed by atoms with van der Waals surface area (Å²) in [5.74, 6) is -0.0105. The first-order valence-electron chi connectivity index (χ1n) is 7.63. The van der Waals surface area contributed by atoms with Gasteiger partial charge in [0.05, 0.1) is 12.4 Å². The van der Waals surface area contributed by atoms with E-state index in [4.69, 9.17) is 30.5 Å². The molecule has 3 rings (SSSR count). The smallest absolute Gasteiger partial charge is 0.390 e. The molecule has 1 aliphatic heterocycles. The number of rotatable bonds is 8. The summed E-state index contributed by atoms with van der Waals surface area (Å²) < 4.78 is 52.8. The lowest BCUT2D eigenvalue weighted by Crippen LogP contribution is -2.25. The molecule has 0 saturated carbocycles. The molecule has 1 saturated heterocycles. The lowest BCUT2D eigenvalue weighted by molar-refractivity contribution is -0.0384. The standard InChI is InChI=1S/C10H13N6O10P3/c11-8-7-9(15-10(12)14-8)16(3-13-7)6-1-4(17)5(24-6)2-23-28(20)26-29(21,22)25-27(18)19/h3-6,17H,1-2H2,(H4-2,11,12,14,15,18,19,21,22)/p+2/t4-,5+,6+/m0/s1. The Bertz CT molecular complexity index is 1000. The Labute approximate surface area is 163 Å². The fourth-order valence-electron chi connectivity index (χ4n) is 2.55. The van der Waals surface area contributed by atoms with Crippen molar-refractivity contribution in [3.05, 3.63) is 6.33 Å². The Hall–Kier alpha value is -1.70. The highest BCUT2D eigenvalue weighted by Gasteiger charge is 2.46. The van der Waals surface area contributed by atoms with E-state index in [0.717, 1.165) is 0 Å². The number of aromatic nitrogens is 4. The molecular weight excluding hydrogens is 457 g/mol. The van der Waals surface area contributed by atoms with Crippen molar-refractivity contribution in [3.63, 3.8) is 0 Å². The molecule has 6 atom stereocenters. The van der Waals surface area contributed by atoms with Gasteiger partial charge in [0.1, 0.15) is 24.5 Å². The molecule has 0 bridgehead atoms. The van der Waals surface area contributed by atoms with Gasteiger partial charge in [-0.3, -0.25) is 9.46 Å². The number of hydrogen-bond donors (Lipinski definition) is 5. The van der Waals surface area contributed by atoms with Crippen LogP contribution in [-0.2, 0) is 31.6 Å². The Morgan fingerprint density at radius 2 is 2.07 bits per heavy atom. The lowest BCUT2D eigenvalue weighted by atomic mass is 10.2. The number of nitrogens with two attached hydrogens (primary N) is 2. The molecule has 2 aromatic rings. The summed E-state index contributed by atoms with van der Waals surface area (Å²) in [4.78, 5) is 29.4. The SMILES string of the molecule is Nc1nc(N)c2ncn([C@H]3C[C@H](O)[C@@H](CO[P+](=O)OP(=O)(O)O[P+](=O)O)O3)c2n1. The van der Waals surface area contributed by atoms with Gasteiger partial charge < -0.3 is 21.3 Å². The number of anilines is 2. The van der Waals surface area contributed by atoms with Crippen molar-refractivity contribution in [2.45, 2.75) is 24.9 Å². The van der Waals surface area contributed by atoms with Crippen molar-refractivity contribution in [2.24, 2.45) is 0 Å². The molecule has 29 heavy (non-hydrogen) atoms. The molecule has 3 unspecified atom stereocenters. The Morgan fingerprint density at radius 1 is 1.34 bits per heavy atom. The highest BCUT2D eigenvalue weighted by Crippen LogP contribution is 2.57. The number of aliphatic hydroxyl groups is 1. The van der Waals surface area contributed by atoms with Crippen LogP contribution in [-0.4, -0.2) is 53.2 Å². The number of nitrogens with zero attached hydrogens (tertiary/aromatic N) is 4. The second-order valence-corrected chi connectivity index (χ2v) is 9.04. The van der Waals surface area contributed by atoms with E-state index in [-0.39, 0.29) is 29.4 Å². The number of nitrogen functional groups attached to an aromatic ring is 2. The second kappa shape index (κ2) is 8.58. The Balaban J connectivity index is 1.63. The van der Waals surface area contributed by atoms with Crippen molar-refractivity contribution in [1.82, 2.24) is 19.5 Å². The summed E-state index contributed by atoms with van der Waals surface area (Å²) in [7, 11) is -11.8. The topological polar surface area (TPSA) is 244 Å². The van der Waals surface area contributed by atoms with Crippen LogP contribution in [0.4, 0.5) is 11.8 Å². The van der Waals surface area contributed by atoms with E-state index in [9.17, 15) is 18.8 Å². The quantitative estimate of drug-likeness (QED) is 0.320. The van der Waals surface area contributed by atoms with Crippen LogP contribution < -0.4 is 11.5 Å². The molecule has 0 amide bonds. The maximum absolute atomic E-state index is 11.6. The molecule has 158 valence electrons. The van der Waals surface area contributed by atoms with Crippen LogP contribution in [0.25, 0.3) is 11.2 Å². The monoisotopic (exact) mass is 472 g/mol. The maximum Gasteiger partial charge on any atom is 0.708 e. The number of ether oxygens (including phenoxy) is 1. The zero-order valence-electron chi connectivity index (χ0n) is 14.2. The van der Waals surface area contributed by atoms with E-state index in [0.29, 0.717) is 0 Å². The van der Waals surface area contributed by atoms with Gasteiger partial charge >= 0.3 is 24.3 Å². The molecule has 0 aromatic carbocycles. The van der Waals surface area contributed by atoms with Gasteiger partial charge in [0, 0.05) is 24.2 Å². The Kier molecular flexibility index (Phi) is 6.51. The van der Waals surface area contributed by atoms with Crippen molar-refractivity contribution in [3.8, 4) is 0 Å². The number of hydrogen-bond acceptors (Lipinski definition) is 13. The van der Waals surface area contributed by atoms with Crippen LogP contribution in [0, 0.1) is 0 Å². The molecule has 0 radical (unpaired) electrons. The zero-order chi connectivity index (χ0) is 21.3. The summed E-state index contributed by atoms with van der Waals surface area (Å²) in [6, 6.07) is 0. The number of fused-ring (bicyclic) bond motifs is 1. The Morgan fingerprint density at radius 3 is 2.76 bits per heavy atom. The second-order valence-electron chi connectivity index (χ2n) is 5.61. The first-order chi connectivity index (χ1) is 13.6. The molecule has 19 heteroatoms. The molecule has 0 spiro atoms. The van der Waals surface area contributed by atoms with E-state index in [1.165, 1.54) is 10.9 Å². The third-order valence-corrected chi connectivity index (χ3v) is 6.77. The van der Waals surface area contributed by atoms with Crippen molar-refractivity contribution < 1.29 is 46.5 Å². The van der Waals surface area contributed by atoms with Gasteiger partial charge in [0.25, 0.3) is 0 Å². The number of phosphoric acid groups is 1. The van der Waals surface area contributed by atoms with Crippen LogP contribution in [0.15, 0.2) is 6.33 Å². The van der Waals surface area contributed by atoms with Crippen molar-refractivity contribution >= 4 is 47.3 Å². The predicted molar refractivity (Wildman–Crippen MR) is 94.1 cm³/mol. The molecule has 1 fully saturated rings. The third-order valence-electron chi connectivity index (χ3n) is 3.67. The van der Waals surface area contributed by atoms with E-state index < -0.39 is 49.4 Å². The molecular formula is C10H15N6O10P3+2. The molecule has 2 aromatic heterocycles. The van der Waals surface area contributed by atoms with Crippen LogP contribution in [0.3, 0.4) is 0 Å². The van der Waals surface area contributed by atoms with Crippen molar-refractivity contribution in [2.75, 3.05) is 18.1 Å². The maximum atomic E-state index is 11.6. The average molecular weight is 472 g/mol. The van der Waals surface area contributed by atoms with Crippen LogP contribution in [0.5, 0.6) is 0 Å². The fraction of sp³-hybridized carbons (Fsp3) is 0.500. The van der Waals surface area contributed by atoms with Gasteiger partial charge in [0.2, 0.25) is 5.95 Å². The lowest BCUT2D eigenvalue weighted by Gasteiger charge is -2.13. The highest BCUT2D eigenvalue weighted by atomic mass is 31.3. The van der Waals surface area contributed by atoms with Crippen LogP contribution in [0.2, 0.25) is 0 Å². The van der Waals surface area contributed by atoms with Gasteiger partial charge in [-0.2, -0.15) is 9.97 Å². The first-order valence-corrected chi connectivity index (χ1v) is 11.4. The minimum Gasteiger partial charge on any atom is -0.390 e. The van der Waals surface area contributed by atoms with Gasteiger partial charge in [-0.1, -0.05) is 0 Å². The van der Waals surface area contributed by atoms with E-state index >= 15 is 0 Å². The first kappa shape index (κ1) is 22.0. The average Bonchev–Trinajstić information content (AvgIpc) is 3.14. The summed E-state index contributed by atoms with van der Waals surface area (Å²) in [5.41, 5.74) is 11.9. The van der Waals surface area contributed by atoms with E-state index in [2.05, 4.69) is 23.6 Å². The predicted octanol–water partition coefficient (Wildman–Crippen LogP) is 0.0964. The van der Waals surface area contributed by atoms with Gasteiger partial charge in [-0.25, -0.2) is 9.55 Å².